The summed E-state index contributed by atoms with van der Waals surface area (Å²) in [5.74, 6) is 0.886. The molecule has 6 unspecified atom stereocenters. The van der Waals surface area contributed by atoms with Crippen molar-refractivity contribution in [2.45, 2.75) is 49.0 Å². The Morgan fingerprint density at radius 2 is 1.52 bits per heavy atom. The molecule has 20 nitrogen and oxygen atoms in total. The van der Waals surface area contributed by atoms with Gasteiger partial charge in [0.15, 0.2) is 53.6 Å². The molecule has 10 atom stereocenters. The van der Waals surface area contributed by atoms with Gasteiger partial charge in [0.1, 0.15) is 37.1 Å². The number of aromatic nitrogens is 8. The van der Waals surface area contributed by atoms with Gasteiger partial charge in [-0.2, -0.15) is 0 Å². The first-order valence-corrected chi connectivity index (χ1v) is 20.1. The summed E-state index contributed by atoms with van der Waals surface area (Å²) in [7, 11) is -2.64. The smallest absolute Gasteiger partial charge is 0.324 e. The molecule has 4 aromatic heterocycles. The fourth-order valence-electron chi connectivity index (χ4n) is 5.94. The van der Waals surface area contributed by atoms with Crippen molar-refractivity contribution in [2.24, 2.45) is 0 Å². The SMILES string of the molecule is O=[PH](S)NC1C2COP(=O)(S)NC3C(CO)O[C@H]([C@@H]3O)n3cnc4c(ncnc43)NC/C=C/CNc3ncnc4c3ncn4[C@H](O2)[C@@H]1O. The molecule has 4 aromatic rings. The first kappa shape index (κ1) is 33.8. The van der Waals surface area contributed by atoms with Gasteiger partial charge in [-0.15, -0.1) is 12.2 Å². The molecule has 2 saturated heterocycles. The number of hydrogen-bond acceptors (Lipinski definition) is 16. The van der Waals surface area contributed by atoms with Crippen molar-refractivity contribution in [1.29, 1.82) is 0 Å². The van der Waals surface area contributed by atoms with Crippen molar-refractivity contribution in [3.8, 4) is 0 Å². The average molecular weight is 743 g/mol. The molecule has 24 heteroatoms. The maximum atomic E-state index is 13.6. The van der Waals surface area contributed by atoms with Gasteiger partial charge < -0.3 is 40.0 Å². The van der Waals surface area contributed by atoms with Crippen molar-refractivity contribution < 1.29 is 38.4 Å². The van der Waals surface area contributed by atoms with Crippen molar-refractivity contribution in [3.05, 3.63) is 37.5 Å². The minimum atomic E-state index is -4.06. The van der Waals surface area contributed by atoms with Crippen LogP contribution in [0.2, 0.25) is 0 Å². The van der Waals surface area contributed by atoms with Crippen molar-refractivity contribution in [2.75, 3.05) is 36.9 Å². The van der Waals surface area contributed by atoms with Gasteiger partial charge in [0, 0.05) is 13.1 Å². The molecule has 0 radical (unpaired) electrons. The molecule has 12 bridgehead atoms. The number of anilines is 2. The van der Waals surface area contributed by atoms with Gasteiger partial charge in [-0.25, -0.2) is 35.0 Å². The maximum Gasteiger partial charge on any atom is 0.324 e. The molecule has 3 aliphatic heterocycles. The van der Waals surface area contributed by atoms with E-state index in [1.807, 2.05) is 12.2 Å². The van der Waals surface area contributed by atoms with Crippen LogP contribution >= 0.6 is 38.4 Å². The van der Waals surface area contributed by atoms with Crippen LogP contribution in [-0.2, 0) is 23.1 Å². The Morgan fingerprint density at radius 3 is 2.08 bits per heavy atom. The molecule has 48 heavy (non-hydrogen) atoms. The lowest BCUT2D eigenvalue weighted by molar-refractivity contribution is -0.0489. The molecule has 0 saturated carbocycles. The Morgan fingerprint density at radius 1 is 0.938 bits per heavy atom. The summed E-state index contributed by atoms with van der Waals surface area (Å²) < 4.78 is 46.6. The number of nitrogens with zero attached hydrogens (tertiary/aromatic N) is 8. The summed E-state index contributed by atoms with van der Waals surface area (Å²) in [6.45, 7) is -4.23. The molecule has 258 valence electrons. The van der Waals surface area contributed by atoms with Gasteiger partial charge in [0.05, 0.1) is 38.0 Å². The lowest BCUT2D eigenvalue weighted by atomic mass is 10.1. The number of rotatable bonds is 3. The standard InChI is InChI=1S/C24H32N12O8P2S2/c37-5-11-14-18(39)24(43-11)36-10-32-16-20(28-8-30-22(16)36)26-4-2-1-3-25-19-15-21(29-7-27-19)35(9-31-15)23-17(38)13(33-45(40)47)12(44-23)6-42-46(41,48)34-14/h1-2,7-14,17-18,23-24,37-39,45H,3-6H2,(H,25,27,29)(H,26,28,30)(H2,33,40,47)(H2,34,41,48)/b2-1+/t11?,12?,13?,14?,17-,18-,23-,24-,46?/m1/s1. The van der Waals surface area contributed by atoms with E-state index < -0.39 is 76.0 Å². The lowest BCUT2D eigenvalue weighted by Gasteiger charge is -2.26. The highest BCUT2D eigenvalue weighted by Crippen LogP contribution is 2.51. The molecule has 0 spiro atoms. The predicted molar refractivity (Wildman–Crippen MR) is 178 cm³/mol. The fourth-order valence-corrected chi connectivity index (χ4v) is 8.74. The summed E-state index contributed by atoms with van der Waals surface area (Å²) in [4.78, 5) is 26.1. The maximum absolute atomic E-state index is 13.6. The number of thiol groups is 2. The molecule has 7 N–H and O–H groups in total. The minimum Gasteiger partial charge on any atom is -0.394 e. The molecule has 7 heterocycles. The van der Waals surface area contributed by atoms with Gasteiger partial charge in [-0.3, -0.25) is 23.4 Å². The number of fused-ring (bicyclic) bond motifs is 6. The zero-order valence-corrected chi connectivity index (χ0v) is 28.4. The number of hydrogen-bond donors (Lipinski definition) is 9. The van der Waals surface area contributed by atoms with E-state index in [0.717, 1.165) is 0 Å². The molecular formula is C24H32N12O8P2S2. The second-order valence-electron chi connectivity index (χ2n) is 11.1. The number of nitrogens with one attached hydrogen (secondary N) is 4. The Kier molecular flexibility index (Phi) is 9.77. The zero-order valence-electron chi connectivity index (χ0n) is 24.7. The summed E-state index contributed by atoms with van der Waals surface area (Å²) >= 11 is 8.20. The third kappa shape index (κ3) is 6.48. The van der Waals surface area contributed by atoms with E-state index in [4.69, 9.17) is 14.0 Å². The summed E-state index contributed by atoms with van der Waals surface area (Å²) in [5.41, 5.74) is 1.53. The highest BCUT2D eigenvalue weighted by Gasteiger charge is 2.49. The quantitative estimate of drug-likeness (QED) is 0.0752. The topological polar surface area (TPSA) is 258 Å². The van der Waals surface area contributed by atoms with E-state index >= 15 is 0 Å². The van der Waals surface area contributed by atoms with Gasteiger partial charge in [0.2, 0.25) is 0 Å². The van der Waals surface area contributed by atoms with E-state index in [1.165, 1.54) is 34.4 Å². The first-order chi connectivity index (χ1) is 23.1. The van der Waals surface area contributed by atoms with Crippen LogP contribution < -0.4 is 20.8 Å². The second-order valence-corrected chi connectivity index (χ2v) is 16.3. The third-order valence-corrected chi connectivity index (χ3v) is 10.9. The van der Waals surface area contributed by atoms with Crippen LogP contribution in [0.3, 0.4) is 0 Å². The van der Waals surface area contributed by atoms with E-state index in [1.54, 1.807) is 0 Å². The highest BCUT2D eigenvalue weighted by molar-refractivity contribution is 8.45. The minimum absolute atomic E-state index is 0.347. The summed E-state index contributed by atoms with van der Waals surface area (Å²) in [6.07, 6.45) is 2.45. The largest absolute Gasteiger partial charge is 0.394 e. The van der Waals surface area contributed by atoms with Gasteiger partial charge >= 0.3 is 6.72 Å². The van der Waals surface area contributed by atoms with Crippen molar-refractivity contribution >= 4 is 72.3 Å². The fraction of sp³-hybridized carbons (Fsp3) is 0.500. The Balaban J connectivity index is 1.23. The Hall–Kier alpha value is -2.72. The Labute approximate surface area is 282 Å². The van der Waals surface area contributed by atoms with Crippen LogP contribution in [0.1, 0.15) is 12.5 Å². The second kappa shape index (κ2) is 13.9. The molecule has 0 aromatic carbocycles. The molecule has 0 amide bonds. The monoisotopic (exact) mass is 742 g/mol. The summed E-state index contributed by atoms with van der Waals surface area (Å²) in [6, 6.07) is -2.09. The van der Waals surface area contributed by atoms with Crippen LogP contribution in [0.4, 0.5) is 11.6 Å². The van der Waals surface area contributed by atoms with Gasteiger partial charge in [-0.05, 0) is 0 Å². The van der Waals surface area contributed by atoms with E-state index in [0.29, 0.717) is 47.1 Å². The highest BCUT2D eigenvalue weighted by atomic mass is 32.7. The summed E-state index contributed by atoms with van der Waals surface area (Å²) in [5, 5.41) is 44.6. The number of aliphatic hydroxyl groups excluding tert-OH is 3. The van der Waals surface area contributed by atoms with Crippen LogP contribution in [-0.4, -0.2) is 117 Å². The zero-order chi connectivity index (χ0) is 33.6. The molecule has 7 rings (SSSR count). The van der Waals surface area contributed by atoms with Crippen LogP contribution in [0.5, 0.6) is 0 Å². The van der Waals surface area contributed by atoms with E-state index in [2.05, 4.69) is 75.2 Å². The van der Waals surface area contributed by atoms with E-state index in [9.17, 15) is 24.4 Å². The predicted octanol–water partition coefficient (Wildman–Crippen LogP) is -0.141. The third-order valence-electron chi connectivity index (χ3n) is 8.15. The normalized spacial score (nSPS) is 34.2. The van der Waals surface area contributed by atoms with Crippen LogP contribution in [0.15, 0.2) is 37.5 Å². The van der Waals surface area contributed by atoms with E-state index in [-0.39, 0.29) is 0 Å². The van der Waals surface area contributed by atoms with Gasteiger partial charge in [-0.1, -0.05) is 24.4 Å². The first-order valence-electron chi connectivity index (χ1n) is 14.7. The molecule has 0 aliphatic carbocycles. The van der Waals surface area contributed by atoms with Crippen LogP contribution in [0.25, 0.3) is 22.3 Å². The molecule has 2 fully saturated rings. The van der Waals surface area contributed by atoms with Crippen molar-refractivity contribution in [3.63, 3.8) is 0 Å². The average Bonchev–Trinajstić information content (AvgIpc) is 3.82. The lowest BCUT2D eigenvalue weighted by Crippen LogP contribution is -2.45. The molecule has 3 aliphatic rings. The number of aliphatic hydroxyl groups is 3. The number of ether oxygens (including phenoxy) is 2. The number of imidazole rings is 2. The molecular weight excluding hydrogens is 710 g/mol. The Bertz CT molecular complexity index is 1900. The van der Waals surface area contributed by atoms with Gasteiger partial charge in [0.25, 0.3) is 0 Å². The van der Waals surface area contributed by atoms with Crippen LogP contribution in [0, 0.1) is 0 Å². The van der Waals surface area contributed by atoms with Crippen molar-refractivity contribution in [1.82, 2.24) is 49.2 Å².